The third-order valence-electron chi connectivity index (χ3n) is 3.89. The number of halogens is 1. The zero-order valence-corrected chi connectivity index (χ0v) is 16.9. The van der Waals surface area contributed by atoms with Crippen molar-refractivity contribution in [2.24, 2.45) is 0 Å². The Bertz CT molecular complexity index is 673. The van der Waals surface area contributed by atoms with Gasteiger partial charge in [0.05, 0.1) is 11.8 Å². The van der Waals surface area contributed by atoms with Crippen molar-refractivity contribution in [3.63, 3.8) is 0 Å². The van der Waals surface area contributed by atoms with Gasteiger partial charge in [0, 0.05) is 9.92 Å². The summed E-state index contributed by atoms with van der Waals surface area (Å²) < 4.78 is 5.70. The summed E-state index contributed by atoms with van der Waals surface area (Å²) >= 11 is 7.46. The van der Waals surface area contributed by atoms with Crippen LogP contribution in [0.1, 0.15) is 32.3 Å². The first-order valence-corrected chi connectivity index (χ1v) is 10.3. The van der Waals surface area contributed by atoms with Gasteiger partial charge in [-0.05, 0) is 54.8 Å². The molecule has 2 aromatic rings. The minimum absolute atomic E-state index is 0.0364. The molecule has 0 aliphatic heterocycles. The van der Waals surface area contributed by atoms with E-state index in [0.717, 1.165) is 29.9 Å². The molecule has 0 aliphatic carbocycles. The molecule has 0 radical (unpaired) electrons. The molecule has 0 fully saturated rings. The van der Waals surface area contributed by atoms with E-state index in [-0.39, 0.29) is 11.2 Å². The van der Waals surface area contributed by atoms with Gasteiger partial charge in [-0.2, -0.15) is 0 Å². The summed E-state index contributed by atoms with van der Waals surface area (Å²) in [6.45, 7) is 5.14. The average Bonchev–Trinajstić information content (AvgIpc) is 2.66. The highest BCUT2D eigenvalue weighted by Gasteiger charge is 2.17. The van der Waals surface area contributed by atoms with E-state index >= 15 is 0 Å². The second kappa shape index (κ2) is 11.1. The van der Waals surface area contributed by atoms with Crippen LogP contribution >= 0.6 is 23.4 Å². The molecular weight excluding hydrogens is 366 g/mol. The Morgan fingerprint density at radius 2 is 1.81 bits per heavy atom. The lowest BCUT2D eigenvalue weighted by molar-refractivity contribution is -0.120. The molecule has 0 spiro atoms. The lowest BCUT2D eigenvalue weighted by Crippen LogP contribution is -2.35. The Kier molecular flexibility index (Phi) is 8.86. The van der Waals surface area contributed by atoms with Crippen LogP contribution < -0.4 is 10.1 Å². The lowest BCUT2D eigenvalue weighted by atomic mass is 10.1. The summed E-state index contributed by atoms with van der Waals surface area (Å²) in [4.78, 5) is 13.4. The minimum atomic E-state index is -0.121. The van der Waals surface area contributed by atoms with Crippen LogP contribution in [0.25, 0.3) is 0 Å². The Labute approximate surface area is 165 Å². The summed E-state index contributed by atoms with van der Waals surface area (Å²) in [6.07, 6.45) is 2.98. The first kappa shape index (κ1) is 20.7. The minimum Gasteiger partial charge on any atom is -0.492 e. The number of carbonyl (C=O) groups is 1. The molecule has 0 bridgehead atoms. The number of hydrogen-bond donors (Lipinski definition) is 1. The topological polar surface area (TPSA) is 38.3 Å². The van der Waals surface area contributed by atoms with Crippen molar-refractivity contribution >= 4 is 29.3 Å². The molecule has 26 heavy (non-hydrogen) atoms. The van der Waals surface area contributed by atoms with Crippen LogP contribution in [0, 0.1) is 0 Å². The fraction of sp³-hybridized carbons (Fsp3) is 0.381. The third-order valence-corrected chi connectivity index (χ3v) is 5.52. The van der Waals surface area contributed by atoms with Crippen molar-refractivity contribution in [3.8, 4) is 5.75 Å². The Hall–Kier alpha value is -1.65. The van der Waals surface area contributed by atoms with Gasteiger partial charge < -0.3 is 10.1 Å². The van der Waals surface area contributed by atoms with E-state index in [1.165, 1.54) is 5.56 Å². The van der Waals surface area contributed by atoms with Crippen LogP contribution in [-0.4, -0.2) is 24.3 Å². The van der Waals surface area contributed by atoms with Crippen molar-refractivity contribution in [2.75, 3.05) is 13.2 Å². The molecule has 1 N–H and O–H groups in total. The normalized spacial score (nSPS) is 11.8. The largest absolute Gasteiger partial charge is 0.492 e. The number of aryl methyl sites for hydroxylation is 1. The van der Waals surface area contributed by atoms with Gasteiger partial charge in [-0.15, -0.1) is 11.8 Å². The van der Waals surface area contributed by atoms with Crippen LogP contribution in [0.2, 0.25) is 5.02 Å². The molecule has 5 heteroatoms. The number of amides is 1. The van der Waals surface area contributed by atoms with Crippen molar-refractivity contribution in [1.29, 1.82) is 0 Å². The standard InChI is InChI=1S/C21H26ClNO2S/c1-3-5-16-6-10-18(11-7-16)25-15-14-23-21(24)20(4-2)26-19-12-8-17(22)9-13-19/h6-13,20H,3-5,14-15H2,1-2H3,(H,23,24)/t20-/m1/s1. The predicted octanol–water partition coefficient (Wildman–Crippen LogP) is 5.36. The van der Waals surface area contributed by atoms with Gasteiger partial charge >= 0.3 is 0 Å². The molecule has 0 heterocycles. The van der Waals surface area contributed by atoms with E-state index in [1.807, 2.05) is 43.3 Å². The number of thioether (sulfide) groups is 1. The molecule has 1 atom stereocenters. The quantitative estimate of drug-likeness (QED) is 0.437. The zero-order valence-electron chi connectivity index (χ0n) is 15.3. The monoisotopic (exact) mass is 391 g/mol. The summed E-state index contributed by atoms with van der Waals surface area (Å²) in [6, 6.07) is 15.7. The molecule has 1 amide bonds. The number of nitrogens with one attached hydrogen (secondary N) is 1. The van der Waals surface area contributed by atoms with Crippen molar-refractivity contribution in [3.05, 3.63) is 59.1 Å². The van der Waals surface area contributed by atoms with E-state index < -0.39 is 0 Å². The van der Waals surface area contributed by atoms with Crippen molar-refractivity contribution in [1.82, 2.24) is 5.32 Å². The molecule has 2 aromatic carbocycles. The number of hydrogen-bond acceptors (Lipinski definition) is 3. The second-order valence-corrected chi connectivity index (χ2v) is 7.71. The van der Waals surface area contributed by atoms with Gasteiger partial charge in [0.15, 0.2) is 0 Å². The molecule has 0 unspecified atom stereocenters. The summed E-state index contributed by atoms with van der Waals surface area (Å²) in [7, 11) is 0. The van der Waals surface area contributed by atoms with Gasteiger partial charge in [-0.1, -0.05) is 44.0 Å². The number of ether oxygens (including phenoxy) is 1. The first-order chi connectivity index (χ1) is 12.6. The molecule has 0 saturated heterocycles. The van der Waals surface area contributed by atoms with E-state index in [1.54, 1.807) is 11.8 Å². The first-order valence-electron chi connectivity index (χ1n) is 9.04. The van der Waals surface area contributed by atoms with Crippen LogP contribution in [-0.2, 0) is 11.2 Å². The van der Waals surface area contributed by atoms with Gasteiger partial charge in [-0.3, -0.25) is 4.79 Å². The average molecular weight is 392 g/mol. The molecule has 2 rings (SSSR count). The lowest BCUT2D eigenvalue weighted by Gasteiger charge is -2.15. The highest BCUT2D eigenvalue weighted by atomic mass is 35.5. The van der Waals surface area contributed by atoms with Gasteiger partial charge in [0.1, 0.15) is 12.4 Å². The van der Waals surface area contributed by atoms with Crippen LogP contribution in [0.4, 0.5) is 0 Å². The number of rotatable bonds is 10. The third kappa shape index (κ3) is 6.93. The molecule has 0 saturated carbocycles. The van der Waals surface area contributed by atoms with Gasteiger partial charge in [0.2, 0.25) is 5.91 Å². The Balaban J connectivity index is 1.73. The van der Waals surface area contributed by atoms with E-state index in [2.05, 4.69) is 24.4 Å². The molecule has 0 aromatic heterocycles. The van der Waals surface area contributed by atoms with Crippen molar-refractivity contribution < 1.29 is 9.53 Å². The van der Waals surface area contributed by atoms with Crippen LogP contribution in [0.5, 0.6) is 5.75 Å². The zero-order chi connectivity index (χ0) is 18.8. The summed E-state index contributed by atoms with van der Waals surface area (Å²) in [5.74, 6) is 0.871. The molecule has 3 nitrogen and oxygen atoms in total. The Morgan fingerprint density at radius 3 is 2.42 bits per heavy atom. The fourth-order valence-corrected chi connectivity index (χ4v) is 3.60. The van der Waals surface area contributed by atoms with E-state index in [0.29, 0.717) is 18.2 Å². The number of carbonyl (C=O) groups excluding carboxylic acids is 1. The predicted molar refractivity (Wildman–Crippen MR) is 110 cm³/mol. The van der Waals surface area contributed by atoms with E-state index in [4.69, 9.17) is 16.3 Å². The molecule has 140 valence electrons. The molecular formula is C21H26ClNO2S. The highest BCUT2D eigenvalue weighted by Crippen LogP contribution is 2.26. The summed E-state index contributed by atoms with van der Waals surface area (Å²) in [5, 5.41) is 3.54. The van der Waals surface area contributed by atoms with Crippen LogP contribution in [0.3, 0.4) is 0 Å². The SMILES string of the molecule is CCCc1ccc(OCCNC(=O)[C@@H](CC)Sc2ccc(Cl)cc2)cc1. The smallest absolute Gasteiger partial charge is 0.233 e. The maximum absolute atomic E-state index is 12.4. The number of benzene rings is 2. The van der Waals surface area contributed by atoms with Crippen molar-refractivity contribution in [2.45, 2.75) is 43.3 Å². The highest BCUT2D eigenvalue weighted by molar-refractivity contribution is 8.00. The maximum atomic E-state index is 12.4. The summed E-state index contributed by atoms with van der Waals surface area (Å²) in [5.41, 5.74) is 1.32. The van der Waals surface area contributed by atoms with Crippen LogP contribution in [0.15, 0.2) is 53.4 Å². The maximum Gasteiger partial charge on any atom is 0.233 e. The van der Waals surface area contributed by atoms with Gasteiger partial charge in [-0.25, -0.2) is 0 Å². The molecule has 0 aliphatic rings. The second-order valence-electron chi connectivity index (χ2n) is 6.00. The fourth-order valence-electron chi connectivity index (χ4n) is 2.50. The van der Waals surface area contributed by atoms with E-state index in [9.17, 15) is 4.79 Å². The van der Waals surface area contributed by atoms with Gasteiger partial charge in [0.25, 0.3) is 0 Å². The Morgan fingerprint density at radius 1 is 1.12 bits per heavy atom.